The number of aliphatic hydroxyl groups excluding tert-OH is 1. The Morgan fingerprint density at radius 2 is 1.14 bits per heavy atom. The molecule has 1 fully saturated rings. The van der Waals surface area contributed by atoms with E-state index in [1.54, 1.807) is 30.3 Å². The third-order valence-electron chi connectivity index (χ3n) is 10.9. The monoisotopic (exact) mass is 950 g/mol. The number of β-lactam (4-membered cyclic amide) rings is 1. The Balaban J connectivity index is 1.23. The predicted molar refractivity (Wildman–Crippen MR) is 232 cm³/mol. The van der Waals surface area contributed by atoms with Gasteiger partial charge in [-0.25, -0.2) is 20.0 Å². The molecule has 66 heavy (non-hydrogen) atoms. The molecule has 3 rings (SSSR count). The van der Waals surface area contributed by atoms with Crippen molar-refractivity contribution in [2.45, 2.75) is 127 Å². The Labute approximate surface area is 387 Å². The predicted octanol–water partition coefficient (Wildman–Crippen LogP) is 1.60. The summed E-state index contributed by atoms with van der Waals surface area (Å²) in [4.78, 5) is 113. The third kappa shape index (κ3) is 18.3. The summed E-state index contributed by atoms with van der Waals surface area (Å²) < 4.78 is 0. The van der Waals surface area contributed by atoms with Crippen LogP contribution in [-0.2, 0) is 43.2 Å². The number of carboxylic acids is 1. The minimum absolute atomic E-state index is 0.0399. The number of hydroxylamine groups is 6. The molecule has 0 saturated carbocycles. The van der Waals surface area contributed by atoms with Crippen molar-refractivity contribution < 1.29 is 69.0 Å². The number of rotatable bonds is 31. The van der Waals surface area contributed by atoms with E-state index in [1.165, 1.54) is 0 Å². The number of nitrogens with zero attached hydrogens (tertiary/aromatic N) is 4. The average molecular weight is 951 g/mol. The number of nitrogens with one attached hydrogen (secondary N) is 4. The van der Waals surface area contributed by atoms with E-state index in [0.717, 1.165) is 4.90 Å². The van der Waals surface area contributed by atoms with Gasteiger partial charge in [0.1, 0.15) is 17.8 Å². The van der Waals surface area contributed by atoms with E-state index in [9.17, 15) is 63.9 Å². The number of carbonyl (C=O) groups is 9. The van der Waals surface area contributed by atoms with Gasteiger partial charge in [0.15, 0.2) is 0 Å². The molecule has 0 radical (unpaired) electrons. The summed E-state index contributed by atoms with van der Waals surface area (Å²) in [6.45, 7) is 0.773. The highest BCUT2D eigenvalue weighted by Gasteiger charge is 2.53. The van der Waals surface area contributed by atoms with Crippen LogP contribution in [0.15, 0.2) is 41.1 Å². The molecule has 0 aromatic heterocycles. The molecule has 23 heteroatoms. The number of halogens is 1. The molecule has 1 aromatic rings. The molecule has 2 aliphatic heterocycles. The van der Waals surface area contributed by atoms with Gasteiger partial charge in [-0.05, 0) is 76.2 Å². The lowest BCUT2D eigenvalue weighted by Gasteiger charge is -2.49. The van der Waals surface area contributed by atoms with Crippen LogP contribution in [-0.4, -0.2) is 151 Å². The van der Waals surface area contributed by atoms with Crippen LogP contribution in [0, 0.1) is 0 Å². The number of hydrogen-bond acceptors (Lipinski definition) is 13. The van der Waals surface area contributed by atoms with Gasteiger partial charge < -0.3 is 31.5 Å². The molecule has 3 atom stereocenters. The SMILES string of the molecule is O=C(CCC(=O)N(O)CCCCCO)NCCCCCN(O)C(=O)CCC(=O)NCCCCCN(O)C(=O)CCC(=O)N[C@H](C(=O)N[C@@H]1C(=O)N2C(C(=O)O)=C(Cl)CC[C@H]12)c1ccccc1. The zero-order valence-corrected chi connectivity index (χ0v) is 37.7. The smallest absolute Gasteiger partial charge is 0.353 e. The Kier molecular flexibility index (Phi) is 24.1. The third-order valence-corrected chi connectivity index (χ3v) is 11.3. The lowest BCUT2D eigenvalue weighted by molar-refractivity contribution is -0.166. The van der Waals surface area contributed by atoms with Crippen molar-refractivity contribution in [3.05, 3.63) is 46.6 Å². The Hall–Kier alpha value is -5.68. The molecule has 366 valence electrons. The van der Waals surface area contributed by atoms with Gasteiger partial charge >= 0.3 is 5.97 Å². The minimum atomic E-state index is -1.36. The van der Waals surface area contributed by atoms with Crippen molar-refractivity contribution in [3.63, 3.8) is 0 Å². The summed E-state index contributed by atoms with van der Waals surface area (Å²) in [6.07, 6.45) is 4.00. The first-order valence-electron chi connectivity index (χ1n) is 22.3. The Morgan fingerprint density at radius 3 is 1.61 bits per heavy atom. The summed E-state index contributed by atoms with van der Waals surface area (Å²) >= 11 is 6.05. The number of carbonyl (C=O) groups excluding carboxylic acids is 8. The van der Waals surface area contributed by atoms with E-state index >= 15 is 0 Å². The van der Waals surface area contributed by atoms with E-state index in [2.05, 4.69) is 21.3 Å². The number of fused-ring (bicyclic) bond motifs is 1. The molecule has 2 heterocycles. The van der Waals surface area contributed by atoms with Crippen molar-refractivity contribution in [1.82, 2.24) is 41.4 Å². The molecular weight excluding hydrogens is 888 g/mol. The highest BCUT2D eigenvalue weighted by Crippen LogP contribution is 2.38. The second-order valence-corrected chi connectivity index (χ2v) is 16.4. The second kappa shape index (κ2) is 29.1. The number of amides is 8. The van der Waals surface area contributed by atoms with E-state index in [1.807, 2.05) is 0 Å². The van der Waals surface area contributed by atoms with Crippen molar-refractivity contribution in [2.75, 3.05) is 39.3 Å². The molecule has 8 amide bonds. The lowest BCUT2D eigenvalue weighted by atomic mass is 9.86. The standard InChI is InChI=1S/C43H63ClN8O14/c44-30-15-16-31-39(42(61)52(31)40(30)43(62)63)48-41(60)38(29-13-5-1-6-14-29)47-34(56)19-22-37(59)50(65)26-10-3-8-24-45-32(54)17-20-35(57)49(64)25-9-2-7-23-46-33(55)18-21-36(58)51(66)27-11-4-12-28-53/h1,5-6,13-14,31,38-39,53,64-66H,2-4,7-12,15-28H2,(H,45,54)(H,46,55)(H,47,56)(H,48,60)(H,62,63)/t31-,38+,39+/m1/s1. The van der Waals surface area contributed by atoms with E-state index < -0.39 is 65.4 Å². The van der Waals surface area contributed by atoms with E-state index in [0.29, 0.717) is 91.5 Å². The topological polar surface area (TPSA) is 316 Å². The zero-order valence-electron chi connectivity index (χ0n) is 37.0. The highest BCUT2D eigenvalue weighted by atomic mass is 35.5. The molecule has 0 bridgehead atoms. The molecule has 9 N–H and O–H groups in total. The zero-order chi connectivity index (χ0) is 48.6. The van der Waals surface area contributed by atoms with E-state index in [4.69, 9.17) is 16.7 Å². The largest absolute Gasteiger partial charge is 0.477 e. The summed E-state index contributed by atoms with van der Waals surface area (Å²) in [6, 6.07) is 5.30. The number of aliphatic hydroxyl groups is 1. The molecule has 22 nitrogen and oxygen atoms in total. The molecule has 0 unspecified atom stereocenters. The Bertz CT molecular complexity index is 1870. The number of unbranched alkanes of at least 4 members (excludes halogenated alkanes) is 6. The maximum atomic E-state index is 13.4. The maximum absolute atomic E-state index is 13.4. The van der Waals surface area contributed by atoms with Crippen LogP contribution in [0.4, 0.5) is 0 Å². The second-order valence-electron chi connectivity index (χ2n) is 15.9. The van der Waals surface area contributed by atoms with Crippen LogP contribution < -0.4 is 21.3 Å². The summed E-state index contributed by atoms with van der Waals surface area (Å²) in [5, 5.41) is 60.5. The van der Waals surface area contributed by atoms with Crippen molar-refractivity contribution in [1.29, 1.82) is 0 Å². The van der Waals surface area contributed by atoms with Gasteiger partial charge in [-0.15, -0.1) is 0 Å². The molecule has 0 aliphatic carbocycles. The number of aliphatic carboxylic acids is 1. The normalized spacial score (nSPS) is 15.7. The van der Waals surface area contributed by atoms with Gasteiger partial charge in [0.05, 0.1) is 6.04 Å². The number of hydrogen-bond donors (Lipinski definition) is 9. The van der Waals surface area contributed by atoms with Crippen molar-refractivity contribution in [3.8, 4) is 0 Å². The summed E-state index contributed by atoms with van der Waals surface area (Å²) in [5.41, 5.74) is 0.0726. The van der Waals surface area contributed by atoms with Gasteiger partial charge in [-0.3, -0.25) is 58.9 Å². The fourth-order valence-electron chi connectivity index (χ4n) is 7.16. The van der Waals surface area contributed by atoms with Crippen LogP contribution >= 0.6 is 11.6 Å². The van der Waals surface area contributed by atoms with Gasteiger partial charge in [0.2, 0.25) is 41.4 Å². The minimum Gasteiger partial charge on any atom is -0.477 e. The van der Waals surface area contributed by atoms with Crippen LogP contribution in [0.1, 0.15) is 121 Å². The van der Waals surface area contributed by atoms with Gasteiger partial charge in [0, 0.05) is 82.9 Å². The first kappa shape index (κ1) is 54.7. The molecule has 1 saturated heterocycles. The Morgan fingerprint density at radius 1 is 0.667 bits per heavy atom. The van der Waals surface area contributed by atoms with Crippen LogP contribution in [0.3, 0.4) is 0 Å². The van der Waals surface area contributed by atoms with Gasteiger partial charge in [-0.1, -0.05) is 41.9 Å². The highest BCUT2D eigenvalue weighted by molar-refractivity contribution is 6.32. The average Bonchev–Trinajstić information content (AvgIpc) is 3.30. The first-order valence-corrected chi connectivity index (χ1v) is 22.6. The van der Waals surface area contributed by atoms with Crippen LogP contribution in [0.5, 0.6) is 0 Å². The number of allylic oxidation sites excluding steroid dienone is 1. The molecule has 1 aromatic carbocycles. The van der Waals surface area contributed by atoms with Crippen molar-refractivity contribution >= 4 is 64.8 Å². The van der Waals surface area contributed by atoms with Crippen LogP contribution in [0.25, 0.3) is 0 Å². The fourth-order valence-corrected chi connectivity index (χ4v) is 7.45. The summed E-state index contributed by atoms with van der Waals surface area (Å²) in [5.74, 6) is -6.05. The first-order chi connectivity index (χ1) is 31.5. The van der Waals surface area contributed by atoms with Crippen LogP contribution in [0.2, 0.25) is 0 Å². The quantitative estimate of drug-likeness (QED) is 0.0221. The van der Waals surface area contributed by atoms with Gasteiger partial charge in [-0.2, -0.15) is 0 Å². The molecular formula is C43H63ClN8O14. The molecule has 2 aliphatic rings. The van der Waals surface area contributed by atoms with Crippen molar-refractivity contribution in [2.24, 2.45) is 0 Å². The van der Waals surface area contributed by atoms with E-state index in [-0.39, 0.29) is 94.4 Å². The van der Waals surface area contributed by atoms with Gasteiger partial charge in [0.25, 0.3) is 5.91 Å². The fraction of sp³-hybridized carbons (Fsp3) is 0.605. The molecule has 0 spiro atoms. The maximum Gasteiger partial charge on any atom is 0.353 e. The number of carboxylic acid groups (broad SMARTS) is 1. The lowest BCUT2D eigenvalue weighted by Crippen LogP contribution is -2.72. The number of benzene rings is 1. The summed E-state index contributed by atoms with van der Waals surface area (Å²) in [7, 11) is 0.